The number of aromatic nitrogens is 2. The first-order valence-corrected chi connectivity index (χ1v) is 5.91. The van der Waals surface area contributed by atoms with Crippen LogP contribution in [0.3, 0.4) is 0 Å². The molecule has 1 aromatic heterocycles. The van der Waals surface area contributed by atoms with Crippen molar-refractivity contribution in [3.8, 4) is 0 Å². The molecule has 4 heteroatoms. The van der Waals surface area contributed by atoms with E-state index < -0.39 is 0 Å². The Bertz CT molecular complexity index is 342. The van der Waals surface area contributed by atoms with Crippen molar-refractivity contribution in [2.75, 3.05) is 13.7 Å². The van der Waals surface area contributed by atoms with Crippen LogP contribution in [0.2, 0.25) is 0 Å². The zero-order valence-corrected chi connectivity index (χ0v) is 10.1. The van der Waals surface area contributed by atoms with Crippen LogP contribution < -0.4 is 5.73 Å². The lowest BCUT2D eigenvalue weighted by Gasteiger charge is -2.18. The highest BCUT2D eigenvalue weighted by atomic mass is 16.5. The molecular weight excluding hydrogens is 202 g/mol. The fourth-order valence-corrected chi connectivity index (χ4v) is 2.19. The highest BCUT2D eigenvalue weighted by molar-refractivity contribution is 5.05. The van der Waals surface area contributed by atoms with Gasteiger partial charge in [0, 0.05) is 32.5 Å². The van der Waals surface area contributed by atoms with Crippen molar-refractivity contribution in [3.05, 3.63) is 18.2 Å². The van der Waals surface area contributed by atoms with E-state index in [0.717, 1.165) is 25.3 Å². The SMILES string of the molecule is COCCC1(Cn2cncc2C(C)N)CC1. The van der Waals surface area contributed by atoms with Gasteiger partial charge in [0.1, 0.15) is 0 Å². The molecule has 1 unspecified atom stereocenters. The minimum atomic E-state index is 0.0562. The fraction of sp³-hybridized carbons (Fsp3) is 0.750. The Morgan fingerprint density at radius 3 is 2.94 bits per heavy atom. The molecule has 1 saturated carbocycles. The Kier molecular flexibility index (Phi) is 3.30. The summed E-state index contributed by atoms with van der Waals surface area (Å²) in [7, 11) is 1.76. The number of hydrogen-bond acceptors (Lipinski definition) is 3. The van der Waals surface area contributed by atoms with Crippen LogP contribution in [-0.4, -0.2) is 23.3 Å². The topological polar surface area (TPSA) is 53.1 Å². The summed E-state index contributed by atoms with van der Waals surface area (Å²) < 4.78 is 7.37. The van der Waals surface area contributed by atoms with Crippen molar-refractivity contribution in [3.63, 3.8) is 0 Å². The Hall–Kier alpha value is -0.870. The van der Waals surface area contributed by atoms with Gasteiger partial charge in [-0.2, -0.15) is 0 Å². The maximum absolute atomic E-state index is 5.91. The van der Waals surface area contributed by atoms with Gasteiger partial charge < -0.3 is 15.0 Å². The Morgan fingerprint density at radius 1 is 1.62 bits per heavy atom. The molecule has 2 rings (SSSR count). The smallest absolute Gasteiger partial charge is 0.0948 e. The third-order valence-corrected chi connectivity index (χ3v) is 3.51. The molecule has 2 N–H and O–H groups in total. The van der Waals surface area contributed by atoms with Crippen molar-refractivity contribution >= 4 is 0 Å². The molecule has 0 bridgehead atoms. The number of nitrogens with zero attached hydrogens (tertiary/aromatic N) is 2. The predicted octanol–water partition coefficient (Wildman–Crippen LogP) is 1.72. The molecule has 0 spiro atoms. The van der Waals surface area contributed by atoms with Crippen molar-refractivity contribution in [1.29, 1.82) is 0 Å². The van der Waals surface area contributed by atoms with Crippen LogP contribution in [0, 0.1) is 5.41 Å². The van der Waals surface area contributed by atoms with E-state index in [4.69, 9.17) is 10.5 Å². The molecule has 1 aliphatic carbocycles. The highest BCUT2D eigenvalue weighted by Crippen LogP contribution is 2.50. The maximum Gasteiger partial charge on any atom is 0.0948 e. The van der Waals surface area contributed by atoms with Crippen LogP contribution in [0.1, 0.15) is 37.9 Å². The Labute approximate surface area is 96.8 Å². The van der Waals surface area contributed by atoms with Crippen LogP contribution in [0.25, 0.3) is 0 Å². The monoisotopic (exact) mass is 223 g/mol. The normalized spacial score (nSPS) is 19.7. The Morgan fingerprint density at radius 2 is 2.38 bits per heavy atom. The van der Waals surface area contributed by atoms with Gasteiger partial charge in [0.15, 0.2) is 0 Å². The fourth-order valence-electron chi connectivity index (χ4n) is 2.19. The van der Waals surface area contributed by atoms with E-state index >= 15 is 0 Å². The third kappa shape index (κ3) is 2.44. The van der Waals surface area contributed by atoms with Crippen LogP contribution >= 0.6 is 0 Å². The van der Waals surface area contributed by atoms with E-state index in [2.05, 4.69) is 9.55 Å². The average molecular weight is 223 g/mol. The van der Waals surface area contributed by atoms with Gasteiger partial charge in [-0.1, -0.05) is 0 Å². The van der Waals surface area contributed by atoms with Gasteiger partial charge in [-0.25, -0.2) is 4.98 Å². The zero-order valence-electron chi connectivity index (χ0n) is 10.1. The van der Waals surface area contributed by atoms with Crippen molar-refractivity contribution in [1.82, 2.24) is 9.55 Å². The predicted molar refractivity (Wildman–Crippen MR) is 63.0 cm³/mol. The molecule has 0 radical (unpaired) electrons. The lowest BCUT2D eigenvalue weighted by atomic mass is 10.0. The number of imidazole rings is 1. The molecule has 1 atom stereocenters. The summed E-state index contributed by atoms with van der Waals surface area (Å²) in [5.41, 5.74) is 7.49. The van der Waals surface area contributed by atoms with E-state index in [1.165, 1.54) is 12.8 Å². The molecule has 0 saturated heterocycles. The number of rotatable bonds is 6. The molecule has 0 amide bonds. The molecule has 16 heavy (non-hydrogen) atoms. The number of nitrogens with two attached hydrogens (primary N) is 1. The second kappa shape index (κ2) is 4.55. The molecule has 1 aliphatic rings. The first kappa shape index (κ1) is 11.6. The lowest BCUT2D eigenvalue weighted by Crippen LogP contribution is -2.18. The van der Waals surface area contributed by atoms with Crippen LogP contribution in [0.4, 0.5) is 0 Å². The van der Waals surface area contributed by atoms with E-state index in [9.17, 15) is 0 Å². The highest BCUT2D eigenvalue weighted by Gasteiger charge is 2.42. The quantitative estimate of drug-likeness (QED) is 0.799. The van der Waals surface area contributed by atoms with Gasteiger partial charge in [0.25, 0.3) is 0 Å². The molecule has 90 valence electrons. The van der Waals surface area contributed by atoms with E-state index in [1.54, 1.807) is 7.11 Å². The molecular formula is C12H21N3O. The second-order valence-electron chi connectivity index (χ2n) is 4.98. The first-order valence-electron chi connectivity index (χ1n) is 5.91. The summed E-state index contributed by atoms with van der Waals surface area (Å²) in [5.74, 6) is 0. The average Bonchev–Trinajstić information content (AvgIpc) is 2.84. The van der Waals surface area contributed by atoms with Crippen LogP contribution in [0.15, 0.2) is 12.5 Å². The first-order chi connectivity index (χ1) is 7.67. The molecule has 0 aliphatic heterocycles. The van der Waals surface area contributed by atoms with Gasteiger partial charge in [0.2, 0.25) is 0 Å². The van der Waals surface area contributed by atoms with Crippen molar-refractivity contribution < 1.29 is 4.74 Å². The Balaban J connectivity index is 2.00. The summed E-state index contributed by atoms with van der Waals surface area (Å²) >= 11 is 0. The third-order valence-electron chi connectivity index (χ3n) is 3.51. The summed E-state index contributed by atoms with van der Waals surface area (Å²) in [6.07, 6.45) is 7.50. The van der Waals surface area contributed by atoms with E-state index in [-0.39, 0.29) is 6.04 Å². The second-order valence-corrected chi connectivity index (χ2v) is 4.98. The zero-order chi connectivity index (χ0) is 11.6. The summed E-state index contributed by atoms with van der Waals surface area (Å²) in [6.45, 7) is 3.89. The van der Waals surface area contributed by atoms with Crippen LogP contribution in [-0.2, 0) is 11.3 Å². The lowest BCUT2D eigenvalue weighted by molar-refractivity contribution is 0.166. The van der Waals surface area contributed by atoms with Crippen molar-refractivity contribution in [2.45, 2.75) is 38.8 Å². The number of hydrogen-bond donors (Lipinski definition) is 1. The summed E-state index contributed by atoms with van der Waals surface area (Å²) in [4.78, 5) is 4.19. The summed E-state index contributed by atoms with van der Waals surface area (Å²) in [5, 5.41) is 0. The minimum absolute atomic E-state index is 0.0562. The van der Waals surface area contributed by atoms with Crippen molar-refractivity contribution in [2.24, 2.45) is 11.1 Å². The van der Waals surface area contributed by atoms with Gasteiger partial charge in [0.05, 0.1) is 12.0 Å². The van der Waals surface area contributed by atoms with Crippen LogP contribution in [0.5, 0.6) is 0 Å². The molecule has 1 heterocycles. The minimum Gasteiger partial charge on any atom is -0.385 e. The molecule has 0 aromatic carbocycles. The number of methoxy groups -OCH3 is 1. The molecule has 4 nitrogen and oxygen atoms in total. The van der Waals surface area contributed by atoms with E-state index in [0.29, 0.717) is 5.41 Å². The maximum atomic E-state index is 5.91. The van der Waals surface area contributed by atoms with Gasteiger partial charge in [-0.3, -0.25) is 0 Å². The number of ether oxygens (including phenoxy) is 1. The van der Waals surface area contributed by atoms with E-state index in [1.807, 2.05) is 19.4 Å². The molecule has 1 aromatic rings. The van der Waals surface area contributed by atoms with Gasteiger partial charge >= 0.3 is 0 Å². The standard InChI is InChI=1S/C12H21N3O/c1-10(13)11-7-14-9-15(11)8-12(3-4-12)5-6-16-2/h7,9-10H,3-6,8,13H2,1-2H3. The molecule has 1 fully saturated rings. The van der Waals surface area contributed by atoms with Gasteiger partial charge in [-0.15, -0.1) is 0 Å². The summed E-state index contributed by atoms with van der Waals surface area (Å²) in [6, 6.07) is 0.0562. The largest absolute Gasteiger partial charge is 0.385 e. The van der Waals surface area contributed by atoms with Gasteiger partial charge in [-0.05, 0) is 31.6 Å².